The zero-order valence-electron chi connectivity index (χ0n) is 14.4. The summed E-state index contributed by atoms with van der Waals surface area (Å²) >= 11 is 0. The third-order valence-electron chi connectivity index (χ3n) is 4.22. The molecular weight excluding hydrogens is 318 g/mol. The fourth-order valence-corrected chi connectivity index (χ4v) is 2.79. The molecule has 0 unspecified atom stereocenters. The first-order valence-corrected chi connectivity index (χ1v) is 8.09. The van der Waals surface area contributed by atoms with Gasteiger partial charge in [0.25, 0.3) is 5.56 Å². The van der Waals surface area contributed by atoms with E-state index in [4.69, 9.17) is 4.42 Å². The second-order valence-corrected chi connectivity index (χ2v) is 6.08. The number of rotatable bonds is 6. The SMILES string of the molecule is Cn1c(CN(Cc2ccccc2)Cc2ccco2)cc(=O)n(C)c1=O. The van der Waals surface area contributed by atoms with E-state index in [1.165, 1.54) is 17.7 Å². The van der Waals surface area contributed by atoms with Gasteiger partial charge in [0.05, 0.1) is 12.8 Å². The van der Waals surface area contributed by atoms with E-state index in [1.54, 1.807) is 13.3 Å². The smallest absolute Gasteiger partial charge is 0.330 e. The predicted octanol–water partition coefficient (Wildman–Crippen LogP) is 1.88. The second kappa shape index (κ2) is 7.36. The van der Waals surface area contributed by atoms with Gasteiger partial charge in [-0.3, -0.25) is 18.8 Å². The second-order valence-electron chi connectivity index (χ2n) is 6.08. The van der Waals surface area contributed by atoms with Crippen molar-refractivity contribution >= 4 is 0 Å². The van der Waals surface area contributed by atoms with Crippen molar-refractivity contribution in [1.29, 1.82) is 0 Å². The minimum absolute atomic E-state index is 0.296. The van der Waals surface area contributed by atoms with Crippen LogP contribution in [0.2, 0.25) is 0 Å². The molecule has 0 spiro atoms. The molecule has 0 amide bonds. The van der Waals surface area contributed by atoms with Crippen LogP contribution in [0.5, 0.6) is 0 Å². The molecule has 0 atom stereocenters. The van der Waals surface area contributed by atoms with Crippen LogP contribution >= 0.6 is 0 Å². The van der Waals surface area contributed by atoms with Crippen molar-refractivity contribution < 1.29 is 4.42 Å². The highest BCUT2D eigenvalue weighted by Gasteiger charge is 2.13. The van der Waals surface area contributed by atoms with E-state index in [1.807, 2.05) is 30.3 Å². The molecule has 0 N–H and O–H groups in total. The number of hydrogen-bond acceptors (Lipinski definition) is 4. The largest absolute Gasteiger partial charge is 0.468 e. The first-order chi connectivity index (χ1) is 12.0. The van der Waals surface area contributed by atoms with E-state index >= 15 is 0 Å². The summed E-state index contributed by atoms with van der Waals surface area (Å²) in [5.41, 5.74) is 1.22. The molecule has 0 aliphatic carbocycles. The van der Waals surface area contributed by atoms with Crippen molar-refractivity contribution in [2.45, 2.75) is 19.6 Å². The van der Waals surface area contributed by atoms with Gasteiger partial charge >= 0.3 is 5.69 Å². The average Bonchev–Trinajstić information content (AvgIpc) is 3.11. The van der Waals surface area contributed by atoms with Crippen LogP contribution < -0.4 is 11.2 Å². The Hall–Kier alpha value is -2.86. The summed E-state index contributed by atoms with van der Waals surface area (Å²) in [7, 11) is 3.17. The molecule has 0 fully saturated rings. The fraction of sp³-hybridized carbons (Fsp3) is 0.263. The quantitative estimate of drug-likeness (QED) is 0.688. The van der Waals surface area contributed by atoms with Crippen molar-refractivity contribution in [1.82, 2.24) is 14.0 Å². The number of nitrogens with zero attached hydrogens (tertiary/aromatic N) is 3. The first kappa shape index (κ1) is 17.0. The molecule has 1 aromatic carbocycles. The Kier molecular flexibility index (Phi) is 5.00. The molecule has 130 valence electrons. The third-order valence-corrected chi connectivity index (χ3v) is 4.22. The van der Waals surface area contributed by atoms with Gasteiger partial charge in [0, 0.05) is 38.9 Å². The number of aromatic nitrogens is 2. The highest BCUT2D eigenvalue weighted by Crippen LogP contribution is 2.13. The van der Waals surface area contributed by atoms with Crippen LogP contribution in [0.1, 0.15) is 17.0 Å². The fourth-order valence-electron chi connectivity index (χ4n) is 2.79. The summed E-state index contributed by atoms with van der Waals surface area (Å²) < 4.78 is 8.08. The Morgan fingerprint density at radius 3 is 2.36 bits per heavy atom. The molecule has 6 heteroatoms. The molecule has 0 saturated heterocycles. The Bertz CT molecular complexity index is 940. The molecule has 25 heavy (non-hydrogen) atoms. The van der Waals surface area contributed by atoms with Gasteiger partial charge in [0.1, 0.15) is 5.76 Å². The minimum Gasteiger partial charge on any atom is -0.468 e. The lowest BCUT2D eigenvalue weighted by atomic mass is 10.2. The van der Waals surface area contributed by atoms with E-state index in [2.05, 4.69) is 17.0 Å². The van der Waals surface area contributed by atoms with E-state index in [9.17, 15) is 9.59 Å². The summed E-state index contributed by atoms with van der Waals surface area (Å²) in [6.45, 7) is 1.74. The zero-order chi connectivity index (χ0) is 17.8. The van der Waals surface area contributed by atoms with Crippen molar-refractivity contribution in [3.8, 4) is 0 Å². The summed E-state index contributed by atoms with van der Waals surface area (Å²) in [6, 6.07) is 15.4. The van der Waals surface area contributed by atoms with Crippen molar-refractivity contribution in [3.05, 3.63) is 92.6 Å². The number of benzene rings is 1. The average molecular weight is 339 g/mol. The highest BCUT2D eigenvalue weighted by molar-refractivity contribution is 5.15. The monoisotopic (exact) mass is 339 g/mol. The van der Waals surface area contributed by atoms with Gasteiger partial charge in [-0.1, -0.05) is 30.3 Å². The predicted molar refractivity (Wildman–Crippen MR) is 95.0 cm³/mol. The molecule has 0 saturated carbocycles. The molecular formula is C19H21N3O3. The number of furan rings is 1. The van der Waals surface area contributed by atoms with E-state index in [0.29, 0.717) is 25.3 Å². The lowest BCUT2D eigenvalue weighted by Crippen LogP contribution is -2.39. The van der Waals surface area contributed by atoms with E-state index in [-0.39, 0.29) is 11.2 Å². The summed E-state index contributed by atoms with van der Waals surface area (Å²) in [6.07, 6.45) is 1.64. The molecule has 6 nitrogen and oxygen atoms in total. The lowest BCUT2D eigenvalue weighted by Gasteiger charge is -2.22. The molecule has 3 aromatic rings. The normalized spacial score (nSPS) is 11.2. The standard InChI is InChI=1S/C19H21N3O3/c1-20-16(11-18(23)21(2)19(20)24)13-22(14-17-9-6-10-25-17)12-15-7-4-3-5-8-15/h3-11H,12-14H2,1-2H3. The van der Waals surface area contributed by atoms with Gasteiger partial charge in [0.2, 0.25) is 0 Å². The lowest BCUT2D eigenvalue weighted by molar-refractivity contribution is 0.220. The molecule has 0 radical (unpaired) electrons. The van der Waals surface area contributed by atoms with Gasteiger partial charge in [-0.2, -0.15) is 0 Å². The van der Waals surface area contributed by atoms with Gasteiger partial charge in [0.15, 0.2) is 0 Å². The van der Waals surface area contributed by atoms with Gasteiger partial charge in [-0.15, -0.1) is 0 Å². The maximum atomic E-state index is 12.2. The Morgan fingerprint density at radius 2 is 1.68 bits per heavy atom. The summed E-state index contributed by atoms with van der Waals surface area (Å²) in [5, 5.41) is 0. The van der Waals surface area contributed by atoms with E-state index < -0.39 is 0 Å². The van der Waals surface area contributed by atoms with Crippen molar-refractivity contribution in [2.24, 2.45) is 14.1 Å². The van der Waals surface area contributed by atoms with Crippen LogP contribution in [0.3, 0.4) is 0 Å². The number of hydrogen-bond donors (Lipinski definition) is 0. The van der Waals surface area contributed by atoms with Crippen LogP contribution in [0, 0.1) is 0 Å². The maximum absolute atomic E-state index is 12.2. The summed E-state index contributed by atoms with van der Waals surface area (Å²) in [4.78, 5) is 26.3. The first-order valence-electron chi connectivity index (χ1n) is 8.09. The van der Waals surface area contributed by atoms with Crippen LogP contribution in [0.15, 0.2) is 68.8 Å². The van der Waals surface area contributed by atoms with Gasteiger partial charge < -0.3 is 4.42 Å². The van der Waals surface area contributed by atoms with Crippen LogP contribution in [-0.2, 0) is 33.7 Å². The Labute approximate surface area is 145 Å². The topological polar surface area (TPSA) is 60.4 Å². The van der Waals surface area contributed by atoms with Gasteiger partial charge in [-0.25, -0.2) is 4.79 Å². The zero-order valence-corrected chi connectivity index (χ0v) is 14.4. The molecule has 0 aliphatic heterocycles. The molecule has 3 rings (SSSR count). The van der Waals surface area contributed by atoms with Crippen molar-refractivity contribution in [2.75, 3.05) is 0 Å². The van der Waals surface area contributed by atoms with E-state index in [0.717, 1.165) is 15.9 Å². The highest BCUT2D eigenvalue weighted by atomic mass is 16.3. The molecule has 2 heterocycles. The molecule has 2 aromatic heterocycles. The van der Waals surface area contributed by atoms with Crippen LogP contribution in [-0.4, -0.2) is 14.0 Å². The van der Waals surface area contributed by atoms with Gasteiger partial charge in [-0.05, 0) is 17.7 Å². The summed E-state index contributed by atoms with van der Waals surface area (Å²) in [5.74, 6) is 0.838. The van der Waals surface area contributed by atoms with Crippen LogP contribution in [0.25, 0.3) is 0 Å². The minimum atomic E-state index is -0.319. The third kappa shape index (κ3) is 3.97. The maximum Gasteiger partial charge on any atom is 0.330 e. The molecule has 0 bridgehead atoms. The molecule has 0 aliphatic rings. The Morgan fingerprint density at radius 1 is 0.920 bits per heavy atom. The Balaban J connectivity index is 1.89. The van der Waals surface area contributed by atoms with Crippen LogP contribution in [0.4, 0.5) is 0 Å². The van der Waals surface area contributed by atoms with Crippen molar-refractivity contribution in [3.63, 3.8) is 0 Å².